The molecule has 12 heavy (non-hydrogen) atoms. The topological polar surface area (TPSA) is 46.2 Å². The van der Waals surface area contributed by atoms with Crippen molar-refractivity contribution in [2.45, 2.75) is 32.1 Å². The zero-order valence-corrected chi connectivity index (χ0v) is 7.01. The summed E-state index contributed by atoms with van der Waals surface area (Å²) in [6.45, 7) is 0. The lowest BCUT2D eigenvalue weighted by molar-refractivity contribution is -0.126. The van der Waals surface area contributed by atoms with E-state index in [2.05, 4.69) is 5.32 Å². The van der Waals surface area contributed by atoms with Gasteiger partial charge in [0.25, 0.3) is 0 Å². The number of fused-ring (bicyclic) bond motifs is 1. The van der Waals surface area contributed by atoms with E-state index in [1.165, 1.54) is 6.42 Å². The maximum absolute atomic E-state index is 11.2. The third kappa shape index (κ3) is 1.13. The van der Waals surface area contributed by atoms with E-state index in [-0.39, 0.29) is 23.7 Å². The van der Waals surface area contributed by atoms with Gasteiger partial charge in [0.2, 0.25) is 11.8 Å². The van der Waals surface area contributed by atoms with Crippen molar-refractivity contribution in [2.24, 2.45) is 11.8 Å². The Balaban J connectivity index is 2.17. The van der Waals surface area contributed by atoms with Crippen LogP contribution in [-0.2, 0) is 9.59 Å². The number of hydrogen-bond acceptors (Lipinski definition) is 2. The summed E-state index contributed by atoms with van der Waals surface area (Å²) in [5, 5.41) is 2.41. The minimum absolute atomic E-state index is 0.000000000000000444. The maximum Gasteiger partial charge on any atom is 0.230 e. The predicted molar refractivity (Wildman–Crippen MR) is 43.2 cm³/mol. The van der Waals surface area contributed by atoms with Gasteiger partial charge in [0.15, 0.2) is 0 Å². The van der Waals surface area contributed by atoms with Gasteiger partial charge in [-0.3, -0.25) is 14.9 Å². The molecule has 0 aromatic carbocycles. The first kappa shape index (κ1) is 7.77. The number of hydrogen-bond donors (Lipinski definition) is 1. The number of imide groups is 1. The van der Waals surface area contributed by atoms with Gasteiger partial charge in [-0.25, -0.2) is 0 Å². The highest BCUT2D eigenvalue weighted by Crippen LogP contribution is 2.32. The van der Waals surface area contributed by atoms with Crippen LogP contribution in [-0.4, -0.2) is 11.8 Å². The van der Waals surface area contributed by atoms with E-state index in [1.54, 1.807) is 0 Å². The zero-order valence-electron chi connectivity index (χ0n) is 7.01. The minimum atomic E-state index is -0.0353. The number of carbonyl (C=O) groups is 2. The fourth-order valence-electron chi connectivity index (χ4n) is 2.24. The van der Waals surface area contributed by atoms with Crippen LogP contribution in [0.3, 0.4) is 0 Å². The Bertz CT molecular complexity index is 203. The Hall–Kier alpha value is -0.860. The largest absolute Gasteiger partial charge is 0.296 e. The lowest BCUT2D eigenvalue weighted by Crippen LogP contribution is -2.22. The molecule has 1 heterocycles. The molecule has 1 saturated heterocycles. The molecule has 3 nitrogen and oxygen atoms in total. The molecule has 1 N–H and O–H groups in total. The van der Waals surface area contributed by atoms with Gasteiger partial charge in [0, 0.05) is 11.8 Å². The fourth-order valence-corrected chi connectivity index (χ4v) is 2.24. The molecule has 66 valence electrons. The van der Waals surface area contributed by atoms with Gasteiger partial charge >= 0.3 is 0 Å². The Morgan fingerprint density at radius 1 is 0.917 bits per heavy atom. The molecule has 0 spiro atoms. The van der Waals surface area contributed by atoms with Crippen LogP contribution in [0.15, 0.2) is 0 Å². The predicted octanol–water partition coefficient (Wildman–Crippen LogP) is 0.839. The molecule has 0 radical (unpaired) electrons. The van der Waals surface area contributed by atoms with Gasteiger partial charge in [-0.1, -0.05) is 19.3 Å². The van der Waals surface area contributed by atoms with Crippen LogP contribution in [0.25, 0.3) is 0 Å². The minimum Gasteiger partial charge on any atom is -0.296 e. The van der Waals surface area contributed by atoms with E-state index in [9.17, 15) is 9.59 Å². The second-order valence-electron chi connectivity index (χ2n) is 3.70. The van der Waals surface area contributed by atoms with Crippen molar-refractivity contribution in [3.8, 4) is 0 Å². The van der Waals surface area contributed by atoms with Crippen LogP contribution >= 0.6 is 0 Å². The molecule has 2 rings (SSSR count). The van der Waals surface area contributed by atoms with E-state index >= 15 is 0 Å². The van der Waals surface area contributed by atoms with E-state index in [4.69, 9.17) is 0 Å². The lowest BCUT2D eigenvalue weighted by atomic mass is 9.91. The molecule has 1 aliphatic carbocycles. The molecule has 2 aliphatic rings. The summed E-state index contributed by atoms with van der Waals surface area (Å²) in [5.74, 6) is -0.0706. The quantitative estimate of drug-likeness (QED) is 0.543. The molecule has 1 aliphatic heterocycles. The van der Waals surface area contributed by atoms with Crippen LogP contribution in [0.1, 0.15) is 32.1 Å². The third-order valence-electron chi connectivity index (χ3n) is 2.94. The number of rotatable bonds is 0. The first-order valence-electron chi connectivity index (χ1n) is 4.64. The standard InChI is InChI=1S/C9H13NO2/c11-8-6-4-2-1-3-5-7(6)9(12)10-8/h6-7H,1-5H2,(H,10,11,12). The van der Waals surface area contributed by atoms with Crippen LogP contribution in [0.5, 0.6) is 0 Å². The van der Waals surface area contributed by atoms with E-state index in [0.717, 1.165) is 25.7 Å². The molecule has 2 fully saturated rings. The van der Waals surface area contributed by atoms with Gasteiger partial charge < -0.3 is 0 Å². The summed E-state index contributed by atoms with van der Waals surface area (Å²) in [7, 11) is 0. The summed E-state index contributed by atoms with van der Waals surface area (Å²) in [5.41, 5.74) is 0. The van der Waals surface area contributed by atoms with Gasteiger partial charge in [0.1, 0.15) is 0 Å². The van der Waals surface area contributed by atoms with Crippen molar-refractivity contribution in [3.63, 3.8) is 0 Å². The second-order valence-corrected chi connectivity index (χ2v) is 3.70. The molecule has 0 aromatic heterocycles. The van der Waals surface area contributed by atoms with Crippen LogP contribution in [0.4, 0.5) is 0 Å². The van der Waals surface area contributed by atoms with Gasteiger partial charge in [-0.2, -0.15) is 0 Å². The average Bonchev–Trinajstić information content (AvgIpc) is 2.29. The highest BCUT2D eigenvalue weighted by Gasteiger charge is 2.41. The average molecular weight is 167 g/mol. The summed E-state index contributed by atoms with van der Waals surface area (Å²) < 4.78 is 0. The molecule has 2 amide bonds. The van der Waals surface area contributed by atoms with Crippen molar-refractivity contribution in [2.75, 3.05) is 0 Å². The number of amides is 2. The summed E-state index contributed by atoms with van der Waals surface area (Å²) in [6.07, 6.45) is 5.18. The van der Waals surface area contributed by atoms with Crippen molar-refractivity contribution in [1.82, 2.24) is 5.32 Å². The molecular formula is C9H13NO2. The highest BCUT2D eigenvalue weighted by molar-refractivity contribution is 6.05. The second kappa shape index (κ2) is 2.88. The van der Waals surface area contributed by atoms with Gasteiger partial charge in [-0.05, 0) is 12.8 Å². The van der Waals surface area contributed by atoms with E-state index < -0.39 is 0 Å². The number of carbonyl (C=O) groups excluding carboxylic acids is 2. The SMILES string of the molecule is O=C1NC(=O)C2CCCCCC12. The summed E-state index contributed by atoms with van der Waals surface area (Å²) in [4.78, 5) is 22.5. The highest BCUT2D eigenvalue weighted by atomic mass is 16.2. The van der Waals surface area contributed by atoms with E-state index in [0.29, 0.717) is 0 Å². The normalized spacial score (nSPS) is 35.7. The monoisotopic (exact) mass is 167 g/mol. The van der Waals surface area contributed by atoms with Gasteiger partial charge in [0.05, 0.1) is 0 Å². The van der Waals surface area contributed by atoms with Crippen molar-refractivity contribution in [1.29, 1.82) is 0 Å². The van der Waals surface area contributed by atoms with Crippen LogP contribution in [0.2, 0.25) is 0 Å². The maximum atomic E-state index is 11.2. The first-order valence-corrected chi connectivity index (χ1v) is 4.64. The third-order valence-corrected chi connectivity index (χ3v) is 2.94. The number of nitrogens with one attached hydrogen (secondary N) is 1. The molecular weight excluding hydrogens is 154 g/mol. The lowest BCUT2D eigenvalue weighted by Gasteiger charge is -2.08. The zero-order chi connectivity index (χ0) is 8.55. The summed E-state index contributed by atoms with van der Waals surface area (Å²) >= 11 is 0. The van der Waals surface area contributed by atoms with Gasteiger partial charge in [-0.15, -0.1) is 0 Å². The van der Waals surface area contributed by atoms with E-state index in [1.807, 2.05) is 0 Å². The molecule has 1 saturated carbocycles. The van der Waals surface area contributed by atoms with Crippen molar-refractivity contribution in [3.05, 3.63) is 0 Å². The molecule has 2 unspecified atom stereocenters. The van der Waals surface area contributed by atoms with Crippen molar-refractivity contribution >= 4 is 11.8 Å². The molecule has 0 bridgehead atoms. The molecule has 0 aromatic rings. The molecule has 2 atom stereocenters. The Morgan fingerprint density at radius 2 is 1.42 bits per heavy atom. The molecule has 3 heteroatoms. The van der Waals surface area contributed by atoms with Crippen LogP contribution in [0, 0.1) is 11.8 Å². The summed E-state index contributed by atoms with van der Waals surface area (Å²) in [6, 6.07) is 0. The Kier molecular flexibility index (Phi) is 1.87. The Morgan fingerprint density at radius 3 is 1.92 bits per heavy atom. The van der Waals surface area contributed by atoms with Crippen molar-refractivity contribution < 1.29 is 9.59 Å². The smallest absolute Gasteiger partial charge is 0.230 e. The first-order chi connectivity index (χ1) is 5.79. The van der Waals surface area contributed by atoms with Crippen LogP contribution < -0.4 is 5.32 Å². The fraction of sp³-hybridized carbons (Fsp3) is 0.778. The Labute approximate surface area is 71.5 Å².